The number of methoxy groups -OCH3 is 2. The molecule has 0 aliphatic carbocycles. The fraction of sp³-hybridized carbons (Fsp3) is 0.529. The number of anilines is 1. The van der Waals surface area contributed by atoms with E-state index in [2.05, 4.69) is 24.8 Å². The minimum absolute atomic E-state index is 0.262. The van der Waals surface area contributed by atoms with Gasteiger partial charge in [-0.3, -0.25) is 0 Å². The second-order valence-electron chi connectivity index (χ2n) is 5.98. The quantitative estimate of drug-likeness (QED) is 0.785. The van der Waals surface area contributed by atoms with Crippen LogP contribution in [0.3, 0.4) is 0 Å². The summed E-state index contributed by atoms with van der Waals surface area (Å²) in [5.74, 6) is 1.80. The van der Waals surface area contributed by atoms with Crippen LogP contribution < -0.4 is 19.1 Å². The van der Waals surface area contributed by atoms with Crippen molar-refractivity contribution in [1.82, 2.24) is 19.9 Å². The third-order valence-electron chi connectivity index (χ3n) is 4.26. The van der Waals surface area contributed by atoms with Crippen molar-refractivity contribution in [3.05, 3.63) is 23.9 Å². The monoisotopic (exact) mass is 345 g/mol. The summed E-state index contributed by atoms with van der Waals surface area (Å²) in [6.07, 6.45) is 3.76. The summed E-state index contributed by atoms with van der Waals surface area (Å²) in [7, 11) is 3.06. The molecule has 0 atom stereocenters. The van der Waals surface area contributed by atoms with Crippen LogP contribution in [0.1, 0.15) is 18.4 Å². The summed E-state index contributed by atoms with van der Waals surface area (Å²) in [5, 5.41) is 0. The highest BCUT2D eigenvalue weighted by Gasteiger charge is 2.23. The van der Waals surface area contributed by atoms with E-state index in [1.807, 2.05) is 19.1 Å². The van der Waals surface area contributed by atoms with Gasteiger partial charge in [0.05, 0.1) is 20.8 Å². The fourth-order valence-electron chi connectivity index (χ4n) is 2.77. The number of ether oxygens (including phenoxy) is 3. The molecule has 3 rings (SSSR count). The van der Waals surface area contributed by atoms with Crippen molar-refractivity contribution >= 4 is 5.95 Å². The Morgan fingerprint density at radius 1 is 1.08 bits per heavy atom. The molecule has 1 fully saturated rings. The van der Waals surface area contributed by atoms with E-state index in [1.165, 1.54) is 14.2 Å². The van der Waals surface area contributed by atoms with E-state index in [0.717, 1.165) is 37.4 Å². The van der Waals surface area contributed by atoms with Gasteiger partial charge in [0.15, 0.2) is 0 Å². The van der Waals surface area contributed by atoms with E-state index in [-0.39, 0.29) is 12.0 Å². The summed E-state index contributed by atoms with van der Waals surface area (Å²) >= 11 is 0. The predicted octanol–water partition coefficient (Wildman–Crippen LogP) is 1.89. The van der Waals surface area contributed by atoms with Crippen LogP contribution in [0, 0.1) is 12.8 Å². The van der Waals surface area contributed by atoms with E-state index in [1.54, 1.807) is 6.20 Å². The molecule has 2 aromatic rings. The molecular weight excluding hydrogens is 322 g/mol. The van der Waals surface area contributed by atoms with Gasteiger partial charge in [0, 0.05) is 24.8 Å². The van der Waals surface area contributed by atoms with E-state index in [0.29, 0.717) is 18.5 Å². The van der Waals surface area contributed by atoms with Crippen molar-refractivity contribution in [3.8, 4) is 17.9 Å². The van der Waals surface area contributed by atoms with Crippen LogP contribution in [-0.2, 0) is 0 Å². The molecule has 0 radical (unpaired) electrons. The van der Waals surface area contributed by atoms with E-state index in [4.69, 9.17) is 14.2 Å². The van der Waals surface area contributed by atoms with Crippen molar-refractivity contribution in [1.29, 1.82) is 0 Å². The molecule has 1 aliphatic rings. The van der Waals surface area contributed by atoms with E-state index >= 15 is 0 Å². The molecule has 8 heteroatoms. The van der Waals surface area contributed by atoms with Crippen LogP contribution in [0.15, 0.2) is 18.3 Å². The number of pyridine rings is 1. The molecule has 0 N–H and O–H groups in total. The Kier molecular flexibility index (Phi) is 5.47. The Balaban J connectivity index is 1.56. The largest absolute Gasteiger partial charge is 0.477 e. The molecule has 2 aromatic heterocycles. The van der Waals surface area contributed by atoms with Crippen molar-refractivity contribution in [2.75, 3.05) is 38.8 Å². The lowest BCUT2D eigenvalue weighted by Gasteiger charge is -2.31. The normalized spacial score (nSPS) is 15.1. The van der Waals surface area contributed by atoms with Gasteiger partial charge >= 0.3 is 12.0 Å². The Hall–Kier alpha value is -2.64. The highest BCUT2D eigenvalue weighted by atomic mass is 16.5. The highest BCUT2D eigenvalue weighted by molar-refractivity contribution is 5.32. The summed E-state index contributed by atoms with van der Waals surface area (Å²) in [5.41, 5.74) is 1.06. The van der Waals surface area contributed by atoms with Gasteiger partial charge in [-0.2, -0.15) is 9.97 Å². The van der Waals surface area contributed by atoms with Crippen LogP contribution in [0.25, 0.3) is 0 Å². The number of hydrogen-bond acceptors (Lipinski definition) is 8. The Morgan fingerprint density at radius 2 is 1.76 bits per heavy atom. The molecule has 0 unspecified atom stereocenters. The molecule has 0 amide bonds. The maximum absolute atomic E-state index is 5.88. The minimum Gasteiger partial charge on any atom is -0.477 e. The van der Waals surface area contributed by atoms with Crippen LogP contribution in [0.5, 0.6) is 17.9 Å². The Bertz CT molecular complexity index is 682. The van der Waals surface area contributed by atoms with Crippen LogP contribution in [0.4, 0.5) is 5.95 Å². The van der Waals surface area contributed by atoms with Gasteiger partial charge in [0.1, 0.15) is 0 Å². The molecule has 134 valence electrons. The van der Waals surface area contributed by atoms with Crippen LogP contribution >= 0.6 is 0 Å². The number of piperidine rings is 1. The van der Waals surface area contributed by atoms with Gasteiger partial charge in [0.2, 0.25) is 11.8 Å². The fourth-order valence-corrected chi connectivity index (χ4v) is 2.77. The second kappa shape index (κ2) is 7.96. The smallest absolute Gasteiger partial charge is 0.324 e. The van der Waals surface area contributed by atoms with Gasteiger partial charge in [-0.1, -0.05) is 6.07 Å². The zero-order valence-electron chi connectivity index (χ0n) is 14.8. The molecule has 25 heavy (non-hydrogen) atoms. The first-order valence-electron chi connectivity index (χ1n) is 8.33. The van der Waals surface area contributed by atoms with Gasteiger partial charge in [0.25, 0.3) is 0 Å². The lowest BCUT2D eigenvalue weighted by Crippen LogP contribution is -2.36. The minimum atomic E-state index is 0.262. The first-order valence-corrected chi connectivity index (χ1v) is 8.33. The first kappa shape index (κ1) is 17.2. The number of aromatic nitrogens is 4. The zero-order valence-corrected chi connectivity index (χ0v) is 14.8. The van der Waals surface area contributed by atoms with Gasteiger partial charge < -0.3 is 19.1 Å². The van der Waals surface area contributed by atoms with Crippen molar-refractivity contribution in [2.24, 2.45) is 5.92 Å². The average molecular weight is 345 g/mol. The molecule has 0 bridgehead atoms. The molecule has 8 nitrogen and oxygen atoms in total. The molecule has 3 heterocycles. The van der Waals surface area contributed by atoms with Gasteiger partial charge in [-0.05, 0) is 31.7 Å². The number of nitrogens with zero attached hydrogens (tertiary/aromatic N) is 5. The molecule has 1 saturated heterocycles. The summed E-state index contributed by atoms with van der Waals surface area (Å²) < 4.78 is 16.1. The van der Waals surface area contributed by atoms with Gasteiger partial charge in [-0.15, -0.1) is 4.98 Å². The topological polar surface area (TPSA) is 82.5 Å². The second-order valence-corrected chi connectivity index (χ2v) is 5.98. The van der Waals surface area contributed by atoms with Crippen molar-refractivity contribution in [2.45, 2.75) is 19.8 Å². The molecule has 0 saturated carbocycles. The molecule has 0 spiro atoms. The highest BCUT2D eigenvalue weighted by Crippen LogP contribution is 2.24. The first-order chi connectivity index (χ1) is 12.2. The predicted molar refractivity (Wildman–Crippen MR) is 92.3 cm³/mol. The van der Waals surface area contributed by atoms with Crippen LogP contribution in [0.2, 0.25) is 0 Å². The summed E-state index contributed by atoms with van der Waals surface area (Å²) in [6, 6.07) is 4.45. The number of rotatable bonds is 6. The van der Waals surface area contributed by atoms with E-state index < -0.39 is 0 Å². The third kappa shape index (κ3) is 4.26. The van der Waals surface area contributed by atoms with Crippen molar-refractivity contribution < 1.29 is 14.2 Å². The maximum Gasteiger partial charge on any atom is 0.324 e. The van der Waals surface area contributed by atoms with Crippen molar-refractivity contribution in [3.63, 3.8) is 0 Å². The third-order valence-corrected chi connectivity index (χ3v) is 4.26. The number of hydrogen-bond donors (Lipinski definition) is 0. The standard InChI is InChI=1S/C17H23N5O3/c1-12-5-4-8-18-14(12)25-11-13-6-9-22(10-7-13)15-19-16(23-2)21-17(20-15)24-3/h4-5,8,13H,6-7,9-11H2,1-3H3. The number of aryl methyl sites for hydroxylation is 1. The lowest BCUT2D eigenvalue weighted by molar-refractivity contribution is 0.214. The van der Waals surface area contributed by atoms with Crippen LogP contribution in [-0.4, -0.2) is 53.9 Å². The Labute approximate surface area is 147 Å². The molecular formula is C17H23N5O3. The average Bonchev–Trinajstić information content (AvgIpc) is 2.67. The molecule has 1 aliphatic heterocycles. The van der Waals surface area contributed by atoms with Gasteiger partial charge in [-0.25, -0.2) is 4.98 Å². The SMILES string of the molecule is COc1nc(OC)nc(N2CCC(COc3ncccc3C)CC2)n1. The zero-order chi connectivity index (χ0) is 17.6. The Morgan fingerprint density at radius 3 is 2.36 bits per heavy atom. The molecule has 0 aromatic carbocycles. The maximum atomic E-state index is 5.88. The van der Waals surface area contributed by atoms with E-state index in [9.17, 15) is 0 Å². The summed E-state index contributed by atoms with van der Waals surface area (Å²) in [4.78, 5) is 19.1. The summed E-state index contributed by atoms with van der Waals surface area (Å²) in [6.45, 7) is 4.39. The lowest BCUT2D eigenvalue weighted by atomic mass is 9.98.